The molecule has 4 heterocycles. The first kappa shape index (κ1) is 17.6. The Bertz CT molecular complexity index is 1190. The van der Waals surface area contributed by atoms with E-state index in [1.54, 1.807) is 18.5 Å². The summed E-state index contributed by atoms with van der Waals surface area (Å²) in [6, 6.07) is 8.15. The highest BCUT2D eigenvalue weighted by atomic mass is 16.1. The van der Waals surface area contributed by atoms with Gasteiger partial charge in [-0.25, -0.2) is 4.98 Å². The van der Waals surface area contributed by atoms with E-state index in [1.165, 1.54) is 6.08 Å². The maximum atomic E-state index is 11.0. The molecule has 0 fully saturated rings. The minimum atomic E-state index is -0.491. The van der Waals surface area contributed by atoms with Crippen LogP contribution in [0.15, 0.2) is 61.3 Å². The Hall–Kier alpha value is -3.80. The van der Waals surface area contributed by atoms with Gasteiger partial charge in [0.15, 0.2) is 0 Å². The van der Waals surface area contributed by atoms with E-state index in [0.29, 0.717) is 0 Å². The van der Waals surface area contributed by atoms with Gasteiger partial charge in [0.2, 0.25) is 5.91 Å². The van der Waals surface area contributed by atoms with Crippen LogP contribution in [0.4, 0.5) is 0 Å². The minimum Gasteiger partial charge on any atom is -0.366 e. The van der Waals surface area contributed by atoms with Crippen molar-refractivity contribution in [2.24, 2.45) is 5.73 Å². The summed E-state index contributed by atoms with van der Waals surface area (Å²) in [5.41, 5.74) is 11.9. The molecule has 0 bridgehead atoms. The lowest BCUT2D eigenvalue weighted by atomic mass is 10.0. The number of aromatic amines is 1. The Morgan fingerprint density at radius 1 is 1.11 bits per heavy atom. The van der Waals surface area contributed by atoms with Crippen molar-refractivity contribution < 1.29 is 4.79 Å². The number of carbonyl (C=O) groups is 1. The molecule has 0 spiro atoms. The zero-order chi connectivity index (χ0) is 19.5. The molecule has 0 atom stereocenters. The quantitative estimate of drug-likeness (QED) is 0.524. The molecule has 0 saturated carbocycles. The number of nitrogens with zero attached hydrogens (tertiary/aromatic N) is 3. The fourth-order valence-electron chi connectivity index (χ4n) is 3.12. The number of aryl methyl sites for hydroxylation is 1. The summed E-state index contributed by atoms with van der Waals surface area (Å²) in [4.78, 5) is 27.4. The summed E-state index contributed by atoms with van der Waals surface area (Å²) in [5, 5.41) is 1.03. The molecule has 0 radical (unpaired) electrons. The number of H-pyrrole nitrogens is 1. The number of fused-ring (bicyclic) bond motifs is 1. The number of hydrogen-bond donors (Lipinski definition) is 2. The number of hydrogen-bond acceptors (Lipinski definition) is 4. The molecular weight excluding hydrogens is 350 g/mol. The number of nitrogens with two attached hydrogens (primary N) is 1. The molecule has 3 N–H and O–H groups in total. The molecule has 1 amide bonds. The highest BCUT2D eigenvalue weighted by Crippen LogP contribution is 2.31. The van der Waals surface area contributed by atoms with Crippen molar-refractivity contribution in [3.05, 3.63) is 72.6 Å². The second-order valence-corrected chi connectivity index (χ2v) is 6.45. The number of carbonyl (C=O) groups excluding carboxylic acids is 1. The SMILES string of the molecule is CCc1cc(-c2c[nH]c3ncc(-c4cncc(/C=C/C(N)=O)c4)cc23)ccn1. The van der Waals surface area contributed by atoms with Gasteiger partial charge < -0.3 is 10.7 Å². The minimum absolute atomic E-state index is 0.491. The van der Waals surface area contributed by atoms with Crippen molar-refractivity contribution in [3.63, 3.8) is 0 Å². The number of nitrogens with one attached hydrogen (secondary N) is 1. The Morgan fingerprint density at radius 2 is 1.96 bits per heavy atom. The van der Waals surface area contributed by atoms with Gasteiger partial charge in [-0.2, -0.15) is 0 Å². The van der Waals surface area contributed by atoms with Crippen LogP contribution >= 0.6 is 0 Å². The molecule has 0 aliphatic rings. The van der Waals surface area contributed by atoms with Gasteiger partial charge in [-0.15, -0.1) is 0 Å². The molecule has 0 aliphatic carbocycles. The van der Waals surface area contributed by atoms with E-state index in [0.717, 1.165) is 51.0 Å². The molecule has 0 aromatic carbocycles. The van der Waals surface area contributed by atoms with Crippen molar-refractivity contribution in [3.8, 4) is 22.3 Å². The van der Waals surface area contributed by atoms with Gasteiger partial charge in [-0.05, 0) is 47.9 Å². The van der Waals surface area contributed by atoms with Crippen LogP contribution in [-0.2, 0) is 11.2 Å². The third-order valence-electron chi connectivity index (χ3n) is 4.55. The van der Waals surface area contributed by atoms with Crippen LogP contribution in [0.2, 0.25) is 0 Å². The second kappa shape index (κ2) is 7.44. The zero-order valence-electron chi connectivity index (χ0n) is 15.4. The molecule has 6 nitrogen and oxygen atoms in total. The largest absolute Gasteiger partial charge is 0.366 e. The Balaban J connectivity index is 1.78. The molecule has 6 heteroatoms. The summed E-state index contributed by atoms with van der Waals surface area (Å²) in [6.07, 6.45) is 12.9. The predicted molar refractivity (Wildman–Crippen MR) is 110 cm³/mol. The van der Waals surface area contributed by atoms with Crippen molar-refractivity contribution in [1.82, 2.24) is 19.9 Å². The fourth-order valence-corrected chi connectivity index (χ4v) is 3.12. The molecular formula is C22H19N5O. The van der Waals surface area contributed by atoms with Crippen LogP contribution in [-0.4, -0.2) is 25.8 Å². The summed E-state index contributed by atoms with van der Waals surface area (Å²) >= 11 is 0. The predicted octanol–water partition coefficient (Wildman–Crippen LogP) is 3.75. The monoisotopic (exact) mass is 369 g/mol. The maximum Gasteiger partial charge on any atom is 0.241 e. The molecule has 0 aliphatic heterocycles. The summed E-state index contributed by atoms with van der Waals surface area (Å²) < 4.78 is 0. The van der Waals surface area contributed by atoms with E-state index in [2.05, 4.69) is 39.0 Å². The first-order chi connectivity index (χ1) is 13.6. The van der Waals surface area contributed by atoms with Gasteiger partial charge in [0.25, 0.3) is 0 Å². The van der Waals surface area contributed by atoms with Gasteiger partial charge in [0.1, 0.15) is 5.65 Å². The van der Waals surface area contributed by atoms with Crippen LogP contribution in [0, 0.1) is 0 Å². The highest BCUT2D eigenvalue weighted by molar-refractivity contribution is 5.96. The number of amides is 1. The lowest BCUT2D eigenvalue weighted by molar-refractivity contribution is -0.113. The number of primary amides is 1. The van der Waals surface area contributed by atoms with Gasteiger partial charge in [-0.3, -0.25) is 14.8 Å². The molecule has 28 heavy (non-hydrogen) atoms. The topological polar surface area (TPSA) is 97.5 Å². The van der Waals surface area contributed by atoms with Crippen LogP contribution in [0.25, 0.3) is 39.4 Å². The van der Waals surface area contributed by atoms with Crippen LogP contribution in [0.1, 0.15) is 18.2 Å². The maximum absolute atomic E-state index is 11.0. The first-order valence-electron chi connectivity index (χ1n) is 8.99. The highest BCUT2D eigenvalue weighted by Gasteiger charge is 2.10. The lowest BCUT2D eigenvalue weighted by Crippen LogP contribution is -2.05. The van der Waals surface area contributed by atoms with Gasteiger partial charge >= 0.3 is 0 Å². The van der Waals surface area contributed by atoms with E-state index in [9.17, 15) is 4.79 Å². The van der Waals surface area contributed by atoms with Gasteiger partial charge in [0.05, 0.1) is 0 Å². The average molecular weight is 369 g/mol. The third kappa shape index (κ3) is 3.53. The molecule has 4 aromatic heterocycles. The summed E-state index contributed by atoms with van der Waals surface area (Å²) in [6.45, 7) is 2.09. The normalized spacial score (nSPS) is 11.3. The van der Waals surface area contributed by atoms with Gasteiger partial charge in [-0.1, -0.05) is 6.92 Å². The van der Waals surface area contributed by atoms with Crippen molar-refractivity contribution in [2.45, 2.75) is 13.3 Å². The van der Waals surface area contributed by atoms with E-state index in [-0.39, 0.29) is 0 Å². The van der Waals surface area contributed by atoms with Gasteiger partial charge in [0, 0.05) is 64.8 Å². The lowest BCUT2D eigenvalue weighted by Gasteiger charge is -2.05. The Kier molecular flexibility index (Phi) is 4.68. The van der Waals surface area contributed by atoms with E-state index < -0.39 is 5.91 Å². The molecule has 4 aromatic rings. The second-order valence-electron chi connectivity index (χ2n) is 6.45. The molecule has 0 unspecified atom stereocenters. The smallest absolute Gasteiger partial charge is 0.241 e. The molecule has 0 saturated heterocycles. The van der Waals surface area contributed by atoms with Crippen molar-refractivity contribution in [1.29, 1.82) is 0 Å². The Morgan fingerprint density at radius 3 is 2.79 bits per heavy atom. The zero-order valence-corrected chi connectivity index (χ0v) is 15.4. The average Bonchev–Trinajstić information content (AvgIpc) is 3.16. The van der Waals surface area contributed by atoms with Crippen LogP contribution < -0.4 is 5.73 Å². The third-order valence-corrected chi connectivity index (χ3v) is 4.55. The van der Waals surface area contributed by atoms with E-state index >= 15 is 0 Å². The van der Waals surface area contributed by atoms with E-state index in [1.807, 2.05) is 30.7 Å². The van der Waals surface area contributed by atoms with Crippen molar-refractivity contribution >= 4 is 23.0 Å². The number of rotatable bonds is 5. The molecule has 138 valence electrons. The standard InChI is InChI=1S/C22H19N5O/c1-2-18-8-15(5-6-25-18)20-13-27-22-19(20)9-17(12-26-22)16-7-14(10-24-11-16)3-4-21(23)28/h3-13H,2H2,1H3,(H2,23,28)(H,26,27)/b4-3+. The number of pyridine rings is 3. The fraction of sp³-hybridized carbons (Fsp3) is 0.0909. The summed E-state index contributed by atoms with van der Waals surface area (Å²) in [7, 11) is 0. The summed E-state index contributed by atoms with van der Waals surface area (Å²) in [5.74, 6) is -0.491. The number of aromatic nitrogens is 4. The van der Waals surface area contributed by atoms with Crippen molar-refractivity contribution in [2.75, 3.05) is 0 Å². The van der Waals surface area contributed by atoms with Crippen LogP contribution in [0.5, 0.6) is 0 Å². The first-order valence-corrected chi connectivity index (χ1v) is 8.99. The van der Waals surface area contributed by atoms with Crippen LogP contribution in [0.3, 0.4) is 0 Å². The Labute approximate surface area is 162 Å². The molecule has 4 rings (SSSR count). The van der Waals surface area contributed by atoms with E-state index in [4.69, 9.17) is 5.73 Å².